The average Bonchev–Trinajstić information content (AvgIpc) is 2.46. The second-order valence-corrected chi connectivity index (χ2v) is 4.18. The van der Waals surface area contributed by atoms with E-state index in [1.807, 2.05) is 12.1 Å². The summed E-state index contributed by atoms with van der Waals surface area (Å²) in [5.41, 5.74) is 1.61. The number of hydrogen-bond acceptors (Lipinski definition) is 4. The highest BCUT2D eigenvalue weighted by molar-refractivity contribution is 5.44. The summed E-state index contributed by atoms with van der Waals surface area (Å²) in [5.74, 6) is 1.32. The number of methoxy groups -OCH3 is 2. The number of aliphatic hydroxyl groups is 1. The van der Waals surface area contributed by atoms with Crippen molar-refractivity contribution in [2.24, 2.45) is 0 Å². The molecule has 1 heterocycles. The van der Waals surface area contributed by atoms with E-state index in [1.165, 1.54) is 0 Å². The first-order valence-electron chi connectivity index (χ1n) is 5.96. The Hall–Kier alpha value is -1.68. The summed E-state index contributed by atoms with van der Waals surface area (Å²) < 4.78 is 15.7. The Balaban J connectivity index is 2.28. The van der Waals surface area contributed by atoms with Gasteiger partial charge in [-0.1, -0.05) is 0 Å². The molecule has 1 aliphatic heterocycles. The van der Waals surface area contributed by atoms with Crippen LogP contribution < -0.4 is 9.47 Å². The van der Waals surface area contributed by atoms with Crippen molar-refractivity contribution in [2.45, 2.75) is 18.9 Å². The number of hydrogen-bond donors (Lipinski definition) is 1. The highest BCUT2D eigenvalue weighted by Crippen LogP contribution is 2.35. The number of rotatable bonds is 4. The minimum absolute atomic E-state index is 0.619. The standard InChI is InChI=1S/C14H18O4/c1-16-11-5-6-12(13(8-11)17-2)14(15)10-4-3-7-18-9-10/h5-6,8-9,14-15H,3-4,7H2,1-2H3. The summed E-state index contributed by atoms with van der Waals surface area (Å²) in [6.45, 7) is 0.718. The van der Waals surface area contributed by atoms with E-state index in [1.54, 1.807) is 26.5 Å². The summed E-state index contributed by atoms with van der Waals surface area (Å²) >= 11 is 0. The topological polar surface area (TPSA) is 47.9 Å². The van der Waals surface area contributed by atoms with Crippen LogP contribution in [0.5, 0.6) is 11.5 Å². The zero-order valence-corrected chi connectivity index (χ0v) is 10.7. The quantitative estimate of drug-likeness (QED) is 0.891. The largest absolute Gasteiger partial charge is 0.501 e. The third-order valence-electron chi connectivity index (χ3n) is 3.05. The number of ether oxygens (including phenoxy) is 3. The molecule has 4 nitrogen and oxygen atoms in total. The van der Waals surface area contributed by atoms with E-state index in [0.717, 1.165) is 30.6 Å². The van der Waals surface area contributed by atoms with Crippen molar-refractivity contribution in [1.82, 2.24) is 0 Å². The van der Waals surface area contributed by atoms with Gasteiger partial charge in [0.25, 0.3) is 0 Å². The van der Waals surface area contributed by atoms with Crippen LogP contribution in [0, 0.1) is 0 Å². The van der Waals surface area contributed by atoms with E-state index in [0.29, 0.717) is 11.5 Å². The monoisotopic (exact) mass is 250 g/mol. The van der Waals surface area contributed by atoms with Gasteiger partial charge < -0.3 is 19.3 Å². The fourth-order valence-electron chi connectivity index (χ4n) is 2.03. The Labute approximate surface area is 107 Å². The first-order chi connectivity index (χ1) is 8.76. The maximum atomic E-state index is 10.4. The molecular weight excluding hydrogens is 232 g/mol. The van der Waals surface area contributed by atoms with Crippen LogP contribution in [0.4, 0.5) is 0 Å². The lowest BCUT2D eigenvalue weighted by molar-refractivity contribution is 0.168. The molecule has 1 N–H and O–H groups in total. The van der Waals surface area contributed by atoms with Crippen molar-refractivity contribution in [2.75, 3.05) is 20.8 Å². The molecule has 98 valence electrons. The van der Waals surface area contributed by atoms with Crippen molar-refractivity contribution in [3.63, 3.8) is 0 Å². The van der Waals surface area contributed by atoms with Gasteiger partial charge in [0.15, 0.2) is 0 Å². The lowest BCUT2D eigenvalue weighted by Gasteiger charge is -2.21. The summed E-state index contributed by atoms with van der Waals surface area (Å²) in [6.07, 6.45) is 2.74. The van der Waals surface area contributed by atoms with Crippen LogP contribution >= 0.6 is 0 Å². The third kappa shape index (κ3) is 2.59. The highest BCUT2D eigenvalue weighted by atomic mass is 16.5. The van der Waals surface area contributed by atoms with Gasteiger partial charge >= 0.3 is 0 Å². The van der Waals surface area contributed by atoms with Crippen LogP contribution in [-0.2, 0) is 4.74 Å². The molecule has 1 atom stereocenters. The first kappa shape index (κ1) is 12.8. The molecule has 1 aromatic rings. The van der Waals surface area contributed by atoms with Crippen molar-refractivity contribution in [1.29, 1.82) is 0 Å². The van der Waals surface area contributed by atoms with Gasteiger partial charge in [0.1, 0.15) is 17.6 Å². The van der Waals surface area contributed by atoms with Crippen LogP contribution in [0.3, 0.4) is 0 Å². The fraction of sp³-hybridized carbons (Fsp3) is 0.429. The molecule has 18 heavy (non-hydrogen) atoms. The van der Waals surface area contributed by atoms with Crippen molar-refractivity contribution in [3.8, 4) is 11.5 Å². The lowest BCUT2D eigenvalue weighted by atomic mass is 9.97. The van der Waals surface area contributed by atoms with Crippen molar-refractivity contribution in [3.05, 3.63) is 35.6 Å². The zero-order chi connectivity index (χ0) is 13.0. The summed E-state index contributed by atoms with van der Waals surface area (Å²) in [7, 11) is 3.18. The zero-order valence-electron chi connectivity index (χ0n) is 10.7. The van der Waals surface area contributed by atoms with Crippen LogP contribution in [0.15, 0.2) is 30.0 Å². The normalized spacial score (nSPS) is 16.5. The summed E-state index contributed by atoms with van der Waals surface area (Å²) in [6, 6.07) is 5.39. The Morgan fingerprint density at radius 3 is 2.72 bits per heavy atom. The molecule has 0 aromatic heterocycles. The van der Waals surface area contributed by atoms with E-state index in [2.05, 4.69) is 0 Å². The molecule has 0 amide bonds. The smallest absolute Gasteiger partial charge is 0.128 e. The Bertz CT molecular complexity index is 439. The third-order valence-corrected chi connectivity index (χ3v) is 3.05. The van der Waals surface area contributed by atoms with Crippen LogP contribution in [-0.4, -0.2) is 25.9 Å². The number of benzene rings is 1. The van der Waals surface area contributed by atoms with E-state index >= 15 is 0 Å². The van der Waals surface area contributed by atoms with E-state index in [4.69, 9.17) is 14.2 Å². The Kier molecular flexibility index (Phi) is 4.10. The van der Waals surface area contributed by atoms with E-state index in [-0.39, 0.29) is 0 Å². The Morgan fingerprint density at radius 1 is 1.28 bits per heavy atom. The molecule has 1 aliphatic rings. The van der Waals surface area contributed by atoms with Gasteiger partial charge in [-0.05, 0) is 30.5 Å². The Morgan fingerprint density at radius 2 is 2.11 bits per heavy atom. The van der Waals surface area contributed by atoms with Gasteiger partial charge in [0.05, 0.1) is 27.1 Å². The predicted molar refractivity (Wildman–Crippen MR) is 67.8 cm³/mol. The van der Waals surface area contributed by atoms with Gasteiger partial charge in [0.2, 0.25) is 0 Å². The van der Waals surface area contributed by atoms with Gasteiger partial charge in [-0.2, -0.15) is 0 Å². The molecule has 0 radical (unpaired) electrons. The van der Waals surface area contributed by atoms with Crippen LogP contribution in [0.2, 0.25) is 0 Å². The van der Waals surface area contributed by atoms with Crippen LogP contribution in [0.1, 0.15) is 24.5 Å². The minimum Gasteiger partial charge on any atom is -0.501 e. The molecule has 0 fully saturated rings. The van der Waals surface area contributed by atoms with E-state index < -0.39 is 6.10 Å². The van der Waals surface area contributed by atoms with Gasteiger partial charge in [-0.15, -0.1) is 0 Å². The molecular formula is C14H18O4. The van der Waals surface area contributed by atoms with Gasteiger partial charge in [-0.25, -0.2) is 0 Å². The molecule has 1 aromatic carbocycles. The molecule has 0 aliphatic carbocycles. The second kappa shape index (κ2) is 5.78. The molecule has 1 unspecified atom stereocenters. The van der Waals surface area contributed by atoms with Gasteiger partial charge in [0, 0.05) is 11.6 Å². The van der Waals surface area contributed by atoms with E-state index in [9.17, 15) is 5.11 Å². The molecule has 0 bridgehead atoms. The number of aliphatic hydroxyl groups excluding tert-OH is 1. The van der Waals surface area contributed by atoms with Crippen LogP contribution in [0.25, 0.3) is 0 Å². The molecule has 0 saturated heterocycles. The summed E-state index contributed by atoms with van der Waals surface area (Å²) in [5, 5.41) is 10.4. The van der Waals surface area contributed by atoms with Crippen molar-refractivity contribution < 1.29 is 19.3 Å². The minimum atomic E-state index is -0.689. The summed E-state index contributed by atoms with van der Waals surface area (Å²) in [4.78, 5) is 0. The first-order valence-corrected chi connectivity index (χ1v) is 5.96. The maximum absolute atomic E-state index is 10.4. The predicted octanol–water partition coefficient (Wildman–Crippen LogP) is 2.43. The lowest BCUT2D eigenvalue weighted by Crippen LogP contribution is -2.09. The van der Waals surface area contributed by atoms with Gasteiger partial charge in [-0.3, -0.25) is 0 Å². The molecule has 4 heteroatoms. The highest BCUT2D eigenvalue weighted by Gasteiger charge is 2.20. The maximum Gasteiger partial charge on any atom is 0.128 e. The molecule has 2 rings (SSSR count). The molecule has 0 saturated carbocycles. The average molecular weight is 250 g/mol. The fourth-order valence-corrected chi connectivity index (χ4v) is 2.03. The molecule has 0 spiro atoms. The van der Waals surface area contributed by atoms with Crippen molar-refractivity contribution >= 4 is 0 Å². The second-order valence-electron chi connectivity index (χ2n) is 4.18. The SMILES string of the molecule is COc1ccc(C(O)C2=COCCC2)c(OC)c1.